The third-order valence-corrected chi connectivity index (χ3v) is 5.04. The highest BCUT2D eigenvalue weighted by Gasteiger charge is 2.15. The molecule has 0 radical (unpaired) electrons. The summed E-state index contributed by atoms with van der Waals surface area (Å²) in [5.41, 5.74) is 1.51. The first-order valence-electron chi connectivity index (χ1n) is 7.22. The van der Waals surface area contributed by atoms with E-state index in [2.05, 4.69) is 4.72 Å². The van der Waals surface area contributed by atoms with Crippen molar-refractivity contribution in [1.29, 1.82) is 0 Å². The Kier molecular flexibility index (Phi) is 3.99. The average molecular weight is 341 g/mol. The summed E-state index contributed by atoms with van der Waals surface area (Å²) in [6, 6.07) is 16.3. The molecule has 3 aromatic carbocycles. The van der Waals surface area contributed by atoms with Gasteiger partial charge in [-0.05, 0) is 54.1 Å². The Hall–Kier alpha value is -2.86. The minimum Gasteiger partial charge on any atom is -0.478 e. The second-order valence-corrected chi connectivity index (χ2v) is 7.18. The van der Waals surface area contributed by atoms with Gasteiger partial charge in [0, 0.05) is 5.69 Å². The Bertz CT molecular complexity index is 1020. The Labute approximate surface area is 139 Å². The molecule has 0 aliphatic carbocycles. The number of fused-ring (bicyclic) bond motifs is 1. The molecule has 122 valence electrons. The van der Waals surface area contributed by atoms with Crippen molar-refractivity contribution >= 4 is 32.5 Å². The van der Waals surface area contributed by atoms with Gasteiger partial charge in [0.05, 0.1) is 10.5 Å². The van der Waals surface area contributed by atoms with Crippen LogP contribution in [-0.4, -0.2) is 19.5 Å². The summed E-state index contributed by atoms with van der Waals surface area (Å²) >= 11 is 0. The summed E-state index contributed by atoms with van der Waals surface area (Å²) in [6.07, 6.45) is 0. The number of carboxylic acids is 1. The van der Waals surface area contributed by atoms with Gasteiger partial charge in [-0.2, -0.15) is 0 Å². The third-order valence-electron chi connectivity index (χ3n) is 3.66. The number of carboxylic acid groups (broad SMARTS) is 1. The molecule has 0 saturated heterocycles. The van der Waals surface area contributed by atoms with Crippen LogP contribution in [0.1, 0.15) is 15.9 Å². The smallest absolute Gasteiger partial charge is 0.335 e. The fourth-order valence-electron chi connectivity index (χ4n) is 2.41. The molecule has 0 bridgehead atoms. The maximum atomic E-state index is 12.5. The van der Waals surface area contributed by atoms with Crippen LogP contribution in [0.5, 0.6) is 0 Å². The number of aryl methyl sites for hydroxylation is 1. The van der Waals surface area contributed by atoms with E-state index in [1.54, 1.807) is 18.2 Å². The molecule has 0 amide bonds. The number of benzene rings is 3. The van der Waals surface area contributed by atoms with Crippen LogP contribution in [-0.2, 0) is 10.0 Å². The van der Waals surface area contributed by atoms with Crippen molar-refractivity contribution in [3.8, 4) is 0 Å². The molecule has 3 aromatic rings. The molecular formula is C18H15NO4S. The van der Waals surface area contributed by atoms with Gasteiger partial charge in [-0.15, -0.1) is 0 Å². The quantitative estimate of drug-likeness (QED) is 0.759. The fraction of sp³-hybridized carbons (Fsp3) is 0.0556. The summed E-state index contributed by atoms with van der Waals surface area (Å²) in [6.45, 7) is 1.98. The molecule has 5 nitrogen and oxygen atoms in total. The van der Waals surface area contributed by atoms with Crippen molar-refractivity contribution in [2.45, 2.75) is 11.8 Å². The standard InChI is InChI=1S/C18H15NO4S/c1-12-2-3-15-11-17(9-6-14(15)10-12)24(22,23)19-16-7-4-13(5-8-16)18(20)21/h2-11,19H,1H3,(H,20,21). The maximum Gasteiger partial charge on any atom is 0.335 e. The second-order valence-electron chi connectivity index (χ2n) is 5.50. The summed E-state index contributed by atoms with van der Waals surface area (Å²) < 4.78 is 27.5. The van der Waals surface area contributed by atoms with E-state index >= 15 is 0 Å². The normalized spacial score (nSPS) is 11.4. The molecule has 0 unspecified atom stereocenters. The predicted octanol–water partition coefficient (Wildman–Crippen LogP) is 3.65. The van der Waals surface area contributed by atoms with E-state index < -0.39 is 16.0 Å². The maximum absolute atomic E-state index is 12.5. The molecule has 0 aromatic heterocycles. The van der Waals surface area contributed by atoms with Crippen molar-refractivity contribution in [3.05, 3.63) is 71.8 Å². The minimum absolute atomic E-state index is 0.0963. The van der Waals surface area contributed by atoms with Crippen LogP contribution in [0, 0.1) is 6.92 Å². The van der Waals surface area contributed by atoms with Crippen molar-refractivity contribution in [1.82, 2.24) is 0 Å². The van der Waals surface area contributed by atoms with Crippen LogP contribution in [0.4, 0.5) is 5.69 Å². The second kappa shape index (κ2) is 5.98. The average Bonchev–Trinajstić information content (AvgIpc) is 2.54. The largest absolute Gasteiger partial charge is 0.478 e. The first-order chi connectivity index (χ1) is 11.3. The van der Waals surface area contributed by atoms with Gasteiger partial charge in [-0.3, -0.25) is 4.72 Å². The van der Waals surface area contributed by atoms with E-state index in [0.717, 1.165) is 16.3 Å². The molecular weight excluding hydrogens is 326 g/mol. The highest BCUT2D eigenvalue weighted by molar-refractivity contribution is 7.92. The molecule has 0 saturated carbocycles. The van der Waals surface area contributed by atoms with Crippen LogP contribution in [0.3, 0.4) is 0 Å². The van der Waals surface area contributed by atoms with Gasteiger partial charge in [-0.1, -0.05) is 29.8 Å². The summed E-state index contributed by atoms with van der Waals surface area (Å²) in [5, 5.41) is 10.7. The Morgan fingerprint density at radius 1 is 0.917 bits per heavy atom. The number of carbonyl (C=O) groups is 1. The monoisotopic (exact) mass is 341 g/mol. The predicted molar refractivity (Wildman–Crippen MR) is 92.9 cm³/mol. The SMILES string of the molecule is Cc1ccc2cc(S(=O)(=O)Nc3ccc(C(=O)O)cc3)ccc2c1. The number of sulfonamides is 1. The van der Waals surface area contributed by atoms with Crippen LogP contribution >= 0.6 is 0 Å². The molecule has 0 heterocycles. The van der Waals surface area contributed by atoms with Crippen molar-refractivity contribution in [2.24, 2.45) is 0 Å². The number of hydrogen-bond donors (Lipinski definition) is 2. The molecule has 0 atom stereocenters. The summed E-state index contributed by atoms with van der Waals surface area (Å²) in [4.78, 5) is 11.0. The van der Waals surface area contributed by atoms with Gasteiger partial charge < -0.3 is 5.11 Å². The lowest BCUT2D eigenvalue weighted by molar-refractivity contribution is 0.0697. The van der Waals surface area contributed by atoms with Gasteiger partial charge in [0.2, 0.25) is 0 Å². The lowest BCUT2D eigenvalue weighted by Gasteiger charge is -2.09. The van der Waals surface area contributed by atoms with E-state index in [-0.39, 0.29) is 10.5 Å². The number of anilines is 1. The van der Waals surface area contributed by atoms with Crippen LogP contribution in [0.2, 0.25) is 0 Å². The van der Waals surface area contributed by atoms with Gasteiger partial charge >= 0.3 is 5.97 Å². The fourth-order valence-corrected chi connectivity index (χ4v) is 3.50. The number of aromatic carboxylic acids is 1. The number of nitrogens with one attached hydrogen (secondary N) is 1. The molecule has 0 aliphatic rings. The van der Waals surface area contributed by atoms with Crippen LogP contribution < -0.4 is 4.72 Å². The highest BCUT2D eigenvalue weighted by atomic mass is 32.2. The van der Waals surface area contributed by atoms with Crippen molar-refractivity contribution < 1.29 is 18.3 Å². The molecule has 24 heavy (non-hydrogen) atoms. The van der Waals surface area contributed by atoms with Crippen LogP contribution in [0.15, 0.2) is 65.6 Å². The summed E-state index contributed by atoms with van der Waals surface area (Å²) in [5.74, 6) is -1.06. The molecule has 0 spiro atoms. The van der Waals surface area contributed by atoms with Gasteiger partial charge in [0.15, 0.2) is 0 Å². The van der Waals surface area contributed by atoms with Crippen molar-refractivity contribution in [3.63, 3.8) is 0 Å². The van der Waals surface area contributed by atoms with E-state index in [9.17, 15) is 13.2 Å². The first kappa shape index (κ1) is 16.0. The Balaban J connectivity index is 1.92. The number of rotatable bonds is 4. The summed E-state index contributed by atoms with van der Waals surface area (Å²) in [7, 11) is -3.75. The zero-order valence-electron chi connectivity index (χ0n) is 12.9. The lowest BCUT2D eigenvalue weighted by atomic mass is 10.1. The molecule has 0 aliphatic heterocycles. The van der Waals surface area contributed by atoms with E-state index in [1.807, 2.05) is 25.1 Å². The zero-order valence-corrected chi connectivity index (χ0v) is 13.7. The molecule has 0 fully saturated rings. The molecule has 6 heteroatoms. The third kappa shape index (κ3) is 3.23. The Morgan fingerprint density at radius 2 is 1.54 bits per heavy atom. The van der Waals surface area contributed by atoms with Crippen LogP contribution in [0.25, 0.3) is 10.8 Å². The van der Waals surface area contributed by atoms with E-state index in [1.165, 1.54) is 24.3 Å². The highest BCUT2D eigenvalue weighted by Crippen LogP contribution is 2.22. The van der Waals surface area contributed by atoms with Gasteiger partial charge in [-0.25, -0.2) is 13.2 Å². The molecule has 3 rings (SSSR count). The van der Waals surface area contributed by atoms with Crippen molar-refractivity contribution in [2.75, 3.05) is 4.72 Å². The Morgan fingerprint density at radius 3 is 2.21 bits per heavy atom. The topological polar surface area (TPSA) is 83.5 Å². The van der Waals surface area contributed by atoms with Gasteiger partial charge in [0.1, 0.15) is 0 Å². The number of hydrogen-bond acceptors (Lipinski definition) is 3. The molecule has 2 N–H and O–H groups in total. The lowest BCUT2D eigenvalue weighted by Crippen LogP contribution is -2.13. The zero-order chi connectivity index (χ0) is 17.3. The van der Waals surface area contributed by atoms with Gasteiger partial charge in [0.25, 0.3) is 10.0 Å². The van der Waals surface area contributed by atoms with E-state index in [0.29, 0.717) is 5.69 Å². The first-order valence-corrected chi connectivity index (χ1v) is 8.70. The minimum atomic E-state index is -3.75. The van der Waals surface area contributed by atoms with E-state index in [4.69, 9.17) is 5.11 Å².